The lowest BCUT2D eigenvalue weighted by atomic mass is 10.1. The van der Waals surface area contributed by atoms with Gasteiger partial charge in [-0.15, -0.1) is 0 Å². The van der Waals surface area contributed by atoms with Crippen molar-refractivity contribution >= 4 is 0 Å². The van der Waals surface area contributed by atoms with Crippen LogP contribution in [0.4, 0.5) is 4.39 Å². The molecule has 0 fully saturated rings. The quantitative estimate of drug-likeness (QED) is 0.792. The number of benzene rings is 2. The normalized spacial score (nSPS) is 10.7. The van der Waals surface area contributed by atoms with Crippen molar-refractivity contribution in [3.05, 3.63) is 72.3 Å². The topological polar surface area (TPSA) is 43.8 Å². The van der Waals surface area contributed by atoms with Gasteiger partial charge in [-0.3, -0.25) is 0 Å². The van der Waals surface area contributed by atoms with Crippen molar-refractivity contribution in [3.63, 3.8) is 0 Å². The Kier molecular flexibility index (Phi) is 3.31. The fourth-order valence-electron chi connectivity index (χ4n) is 2.26. The molecular weight excluding hydrogens is 253 g/mol. The third-order valence-electron chi connectivity index (χ3n) is 3.20. The van der Waals surface area contributed by atoms with E-state index in [1.807, 2.05) is 36.4 Å². The molecule has 0 aliphatic heterocycles. The highest BCUT2D eigenvalue weighted by molar-refractivity contribution is 5.66. The molecule has 3 rings (SSSR count). The van der Waals surface area contributed by atoms with Gasteiger partial charge < -0.3 is 5.73 Å². The highest BCUT2D eigenvalue weighted by atomic mass is 19.1. The van der Waals surface area contributed by atoms with Gasteiger partial charge in [-0.25, -0.2) is 9.07 Å². The molecule has 100 valence electrons. The van der Waals surface area contributed by atoms with Gasteiger partial charge in [-0.05, 0) is 29.8 Å². The smallest absolute Gasteiger partial charge is 0.123 e. The van der Waals surface area contributed by atoms with Crippen molar-refractivity contribution in [1.82, 2.24) is 9.78 Å². The van der Waals surface area contributed by atoms with Crippen molar-refractivity contribution in [3.8, 4) is 16.8 Å². The van der Waals surface area contributed by atoms with E-state index in [1.165, 1.54) is 12.1 Å². The van der Waals surface area contributed by atoms with E-state index in [-0.39, 0.29) is 5.82 Å². The van der Waals surface area contributed by atoms with Gasteiger partial charge in [0.1, 0.15) is 5.82 Å². The minimum Gasteiger partial charge on any atom is -0.325 e. The first-order chi connectivity index (χ1) is 9.79. The lowest BCUT2D eigenvalue weighted by Crippen LogP contribution is -2.07. The van der Waals surface area contributed by atoms with Crippen LogP contribution in [-0.4, -0.2) is 9.78 Å². The third-order valence-corrected chi connectivity index (χ3v) is 3.20. The number of para-hydroxylation sites is 1. The second kappa shape index (κ2) is 5.27. The molecule has 0 unspecified atom stereocenters. The molecule has 0 saturated heterocycles. The number of aromatic nitrogens is 2. The van der Waals surface area contributed by atoms with E-state index in [1.54, 1.807) is 16.9 Å². The summed E-state index contributed by atoms with van der Waals surface area (Å²) in [4.78, 5) is 0. The van der Waals surface area contributed by atoms with Crippen LogP contribution in [0.3, 0.4) is 0 Å². The predicted octanol–water partition coefficient (Wildman–Crippen LogP) is 3.14. The molecular formula is C16H14FN3. The van der Waals surface area contributed by atoms with Crippen LogP contribution in [0, 0.1) is 5.82 Å². The van der Waals surface area contributed by atoms with Gasteiger partial charge in [0.15, 0.2) is 0 Å². The molecule has 1 heterocycles. The van der Waals surface area contributed by atoms with Crippen LogP contribution < -0.4 is 5.73 Å². The number of halogens is 1. The Morgan fingerprint density at radius 3 is 2.55 bits per heavy atom. The lowest BCUT2D eigenvalue weighted by Gasteiger charge is -2.08. The second-order valence-corrected chi connectivity index (χ2v) is 4.47. The van der Waals surface area contributed by atoms with Crippen molar-refractivity contribution in [2.45, 2.75) is 6.54 Å². The molecule has 0 aliphatic carbocycles. The molecule has 0 spiro atoms. The fourth-order valence-corrected chi connectivity index (χ4v) is 2.26. The molecule has 1 aromatic heterocycles. The van der Waals surface area contributed by atoms with Crippen molar-refractivity contribution < 1.29 is 4.39 Å². The average molecular weight is 267 g/mol. The molecule has 0 bridgehead atoms. The van der Waals surface area contributed by atoms with Crippen LogP contribution in [-0.2, 0) is 6.54 Å². The number of nitrogens with zero attached hydrogens (tertiary/aromatic N) is 2. The summed E-state index contributed by atoms with van der Waals surface area (Å²) in [7, 11) is 0. The lowest BCUT2D eigenvalue weighted by molar-refractivity contribution is 0.628. The van der Waals surface area contributed by atoms with Gasteiger partial charge >= 0.3 is 0 Å². The summed E-state index contributed by atoms with van der Waals surface area (Å²) in [5, 5.41) is 4.38. The molecule has 0 atom stereocenters. The van der Waals surface area contributed by atoms with E-state index in [2.05, 4.69) is 5.10 Å². The van der Waals surface area contributed by atoms with Crippen LogP contribution in [0.5, 0.6) is 0 Å². The zero-order valence-corrected chi connectivity index (χ0v) is 10.8. The van der Waals surface area contributed by atoms with Crippen LogP contribution in [0.15, 0.2) is 60.8 Å². The van der Waals surface area contributed by atoms with Gasteiger partial charge in [-0.1, -0.05) is 30.3 Å². The summed E-state index contributed by atoms with van der Waals surface area (Å²) in [5.74, 6) is -0.266. The zero-order valence-electron chi connectivity index (χ0n) is 10.8. The summed E-state index contributed by atoms with van der Waals surface area (Å²) in [6, 6.07) is 16.2. The Morgan fingerprint density at radius 2 is 1.85 bits per heavy atom. The maximum absolute atomic E-state index is 13.4. The molecule has 4 heteroatoms. The Balaban J connectivity index is 2.13. The average Bonchev–Trinajstić information content (AvgIpc) is 2.92. The Labute approximate surface area is 116 Å². The van der Waals surface area contributed by atoms with Gasteiger partial charge in [0.2, 0.25) is 0 Å². The minimum absolute atomic E-state index is 0.266. The Bertz CT molecular complexity index is 720. The molecule has 2 aromatic carbocycles. The van der Waals surface area contributed by atoms with E-state index in [0.717, 1.165) is 22.5 Å². The summed E-state index contributed by atoms with van der Waals surface area (Å²) in [5.41, 5.74) is 9.30. The molecule has 3 aromatic rings. The van der Waals surface area contributed by atoms with E-state index >= 15 is 0 Å². The molecule has 0 aliphatic rings. The van der Waals surface area contributed by atoms with Gasteiger partial charge in [0.25, 0.3) is 0 Å². The van der Waals surface area contributed by atoms with E-state index in [9.17, 15) is 4.39 Å². The summed E-state index contributed by atoms with van der Waals surface area (Å²) in [6.07, 6.45) is 1.73. The van der Waals surface area contributed by atoms with E-state index < -0.39 is 0 Å². The number of hydrogen-bond acceptors (Lipinski definition) is 2. The van der Waals surface area contributed by atoms with Gasteiger partial charge in [-0.2, -0.15) is 5.10 Å². The first-order valence-corrected chi connectivity index (χ1v) is 6.38. The molecule has 3 nitrogen and oxygen atoms in total. The van der Waals surface area contributed by atoms with Gasteiger partial charge in [0, 0.05) is 12.1 Å². The van der Waals surface area contributed by atoms with E-state index in [0.29, 0.717) is 6.54 Å². The Morgan fingerprint density at radius 1 is 1.05 bits per heavy atom. The minimum atomic E-state index is -0.266. The summed E-state index contributed by atoms with van der Waals surface area (Å²) in [6.45, 7) is 0.334. The van der Waals surface area contributed by atoms with Crippen LogP contribution in [0.2, 0.25) is 0 Å². The zero-order chi connectivity index (χ0) is 13.9. The highest BCUT2D eigenvalue weighted by Gasteiger charge is 2.12. The summed E-state index contributed by atoms with van der Waals surface area (Å²) < 4.78 is 15.2. The number of rotatable bonds is 3. The third kappa shape index (κ3) is 2.21. The molecule has 0 saturated carbocycles. The van der Waals surface area contributed by atoms with Crippen molar-refractivity contribution in [1.29, 1.82) is 0 Å². The second-order valence-electron chi connectivity index (χ2n) is 4.47. The first kappa shape index (κ1) is 12.6. The van der Waals surface area contributed by atoms with E-state index in [4.69, 9.17) is 5.73 Å². The van der Waals surface area contributed by atoms with Crippen LogP contribution in [0.1, 0.15) is 5.69 Å². The van der Waals surface area contributed by atoms with Crippen molar-refractivity contribution in [2.75, 3.05) is 0 Å². The maximum Gasteiger partial charge on any atom is 0.123 e. The van der Waals surface area contributed by atoms with Crippen LogP contribution in [0.25, 0.3) is 16.8 Å². The molecule has 0 radical (unpaired) electrons. The van der Waals surface area contributed by atoms with Crippen molar-refractivity contribution in [2.24, 2.45) is 5.73 Å². The maximum atomic E-state index is 13.4. The number of hydrogen-bond donors (Lipinski definition) is 1. The predicted molar refractivity (Wildman–Crippen MR) is 76.8 cm³/mol. The SMILES string of the molecule is NCc1c(-c2cccc(F)c2)cnn1-c1ccccc1. The summed E-state index contributed by atoms with van der Waals surface area (Å²) >= 11 is 0. The van der Waals surface area contributed by atoms with Gasteiger partial charge in [0.05, 0.1) is 17.6 Å². The fraction of sp³-hybridized carbons (Fsp3) is 0.0625. The monoisotopic (exact) mass is 267 g/mol. The first-order valence-electron chi connectivity index (χ1n) is 6.38. The molecule has 0 amide bonds. The molecule has 20 heavy (non-hydrogen) atoms. The van der Waals surface area contributed by atoms with Crippen LogP contribution >= 0.6 is 0 Å². The highest BCUT2D eigenvalue weighted by Crippen LogP contribution is 2.25. The molecule has 2 N–H and O–H groups in total. The Hall–Kier alpha value is -2.46. The largest absolute Gasteiger partial charge is 0.325 e. The standard InChI is InChI=1S/C16H14FN3/c17-13-6-4-5-12(9-13)15-11-19-20(16(15)10-18)14-7-2-1-3-8-14/h1-9,11H,10,18H2. The number of nitrogens with two attached hydrogens (primary N) is 1.